The van der Waals surface area contributed by atoms with Crippen LogP contribution < -0.4 is 5.32 Å². The van der Waals surface area contributed by atoms with Gasteiger partial charge in [-0.05, 0) is 43.0 Å². The Labute approximate surface area is 139 Å². The minimum Gasteiger partial charge on any atom is -0.338 e. The number of carbonyl (C=O) groups is 1. The van der Waals surface area contributed by atoms with E-state index in [0.29, 0.717) is 25.1 Å². The van der Waals surface area contributed by atoms with Gasteiger partial charge in [-0.2, -0.15) is 5.10 Å². The molecule has 24 heavy (non-hydrogen) atoms. The van der Waals surface area contributed by atoms with Gasteiger partial charge in [-0.25, -0.2) is 13.6 Å². The van der Waals surface area contributed by atoms with E-state index in [2.05, 4.69) is 10.4 Å². The highest BCUT2D eigenvalue weighted by Gasteiger charge is 2.25. The number of benzene rings is 1. The minimum atomic E-state index is -0.460. The first-order valence-corrected chi connectivity index (χ1v) is 8.02. The molecule has 7 heteroatoms. The van der Waals surface area contributed by atoms with Crippen LogP contribution in [-0.4, -0.2) is 33.8 Å². The standard InChI is InChI=1S/C17H20F2N4O/c1-12-9-21-23(10-12)7-2-6-20-17(24)22-8-5-13-14(11-22)16(19)4-3-15(13)18/h3-4,9-10H,2,5-8,11H2,1H3,(H,20,24). The summed E-state index contributed by atoms with van der Waals surface area (Å²) < 4.78 is 29.4. The summed E-state index contributed by atoms with van der Waals surface area (Å²) in [7, 11) is 0. The summed E-state index contributed by atoms with van der Waals surface area (Å²) in [6, 6.07) is 2.00. The topological polar surface area (TPSA) is 50.2 Å². The predicted molar refractivity (Wildman–Crippen MR) is 85.5 cm³/mol. The molecule has 0 unspecified atom stereocenters. The summed E-state index contributed by atoms with van der Waals surface area (Å²) in [5.74, 6) is -0.862. The summed E-state index contributed by atoms with van der Waals surface area (Å²) in [5, 5.41) is 7.01. The van der Waals surface area contributed by atoms with Gasteiger partial charge in [0.2, 0.25) is 0 Å². The van der Waals surface area contributed by atoms with E-state index in [4.69, 9.17) is 0 Å². The lowest BCUT2D eigenvalue weighted by Gasteiger charge is -2.29. The average Bonchev–Trinajstić information content (AvgIpc) is 3.00. The smallest absolute Gasteiger partial charge is 0.317 e. The number of halogens is 2. The summed E-state index contributed by atoms with van der Waals surface area (Å²) >= 11 is 0. The van der Waals surface area contributed by atoms with Crippen molar-refractivity contribution in [3.63, 3.8) is 0 Å². The molecule has 0 radical (unpaired) electrons. The lowest BCUT2D eigenvalue weighted by Crippen LogP contribution is -2.43. The number of amides is 2. The summed E-state index contributed by atoms with van der Waals surface area (Å²) in [4.78, 5) is 13.7. The molecule has 1 aliphatic heterocycles. The largest absolute Gasteiger partial charge is 0.338 e. The van der Waals surface area contributed by atoms with Crippen molar-refractivity contribution in [2.75, 3.05) is 13.1 Å². The number of aromatic nitrogens is 2. The van der Waals surface area contributed by atoms with Crippen LogP contribution in [0.2, 0.25) is 0 Å². The number of aryl methyl sites for hydroxylation is 2. The zero-order chi connectivity index (χ0) is 17.1. The van der Waals surface area contributed by atoms with E-state index in [-0.39, 0.29) is 18.1 Å². The van der Waals surface area contributed by atoms with Crippen LogP contribution in [0, 0.1) is 18.6 Å². The molecule has 0 saturated heterocycles. The molecule has 0 bridgehead atoms. The van der Waals surface area contributed by atoms with Gasteiger partial charge in [-0.3, -0.25) is 4.68 Å². The van der Waals surface area contributed by atoms with Gasteiger partial charge in [-0.1, -0.05) is 0 Å². The normalized spacial score (nSPS) is 13.7. The van der Waals surface area contributed by atoms with E-state index in [1.54, 1.807) is 6.20 Å². The second kappa shape index (κ2) is 6.98. The number of nitrogens with zero attached hydrogens (tertiary/aromatic N) is 3. The fraction of sp³-hybridized carbons (Fsp3) is 0.412. The van der Waals surface area contributed by atoms with Gasteiger partial charge in [0, 0.05) is 31.4 Å². The molecule has 0 saturated carbocycles. The van der Waals surface area contributed by atoms with Gasteiger partial charge < -0.3 is 10.2 Å². The first-order valence-electron chi connectivity index (χ1n) is 8.02. The number of fused-ring (bicyclic) bond motifs is 1. The van der Waals surface area contributed by atoms with Crippen LogP contribution in [0.4, 0.5) is 13.6 Å². The highest BCUT2D eigenvalue weighted by molar-refractivity contribution is 5.74. The molecule has 5 nitrogen and oxygen atoms in total. The second-order valence-corrected chi connectivity index (χ2v) is 6.02. The van der Waals surface area contributed by atoms with E-state index >= 15 is 0 Å². The maximum atomic E-state index is 13.8. The van der Waals surface area contributed by atoms with Crippen LogP contribution in [0.5, 0.6) is 0 Å². The van der Waals surface area contributed by atoms with Crippen molar-refractivity contribution in [3.05, 3.63) is 52.9 Å². The van der Waals surface area contributed by atoms with Crippen LogP contribution in [0.3, 0.4) is 0 Å². The second-order valence-electron chi connectivity index (χ2n) is 6.02. The Hall–Kier alpha value is -2.44. The Kier molecular flexibility index (Phi) is 4.78. The first-order chi connectivity index (χ1) is 11.5. The van der Waals surface area contributed by atoms with Crippen LogP contribution >= 0.6 is 0 Å². The van der Waals surface area contributed by atoms with Crippen molar-refractivity contribution in [2.24, 2.45) is 0 Å². The lowest BCUT2D eigenvalue weighted by molar-refractivity contribution is 0.190. The third-order valence-electron chi connectivity index (χ3n) is 4.19. The third-order valence-corrected chi connectivity index (χ3v) is 4.19. The highest BCUT2D eigenvalue weighted by Crippen LogP contribution is 2.24. The maximum Gasteiger partial charge on any atom is 0.317 e. The number of nitrogens with one attached hydrogen (secondary N) is 1. The third kappa shape index (κ3) is 3.55. The minimum absolute atomic E-state index is 0.100. The molecule has 0 spiro atoms. The van der Waals surface area contributed by atoms with E-state index in [1.807, 2.05) is 17.8 Å². The Morgan fingerprint density at radius 3 is 2.75 bits per heavy atom. The van der Waals surface area contributed by atoms with Gasteiger partial charge in [0.25, 0.3) is 0 Å². The van der Waals surface area contributed by atoms with Gasteiger partial charge >= 0.3 is 6.03 Å². The molecule has 1 aromatic heterocycles. The highest BCUT2D eigenvalue weighted by atomic mass is 19.1. The van der Waals surface area contributed by atoms with Crippen LogP contribution in [-0.2, 0) is 19.5 Å². The molecular weight excluding hydrogens is 314 g/mol. The Balaban J connectivity index is 1.50. The molecule has 3 rings (SSSR count). The van der Waals surface area contributed by atoms with Crippen LogP contribution in [0.1, 0.15) is 23.1 Å². The number of urea groups is 1. The predicted octanol–water partition coefficient (Wildman–Crippen LogP) is 2.63. The summed E-state index contributed by atoms with van der Waals surface area (Å²) in [6.07, 6.45) is 4.82. The van der Waals surface area contributed by atoms with Crippen LogP contribution in [0.15, 0.2) is 24.5 Å². The Morgan fingerprint density at radius 1 is 1.29 bits per heavy atom. The first kappa shape index (κ1) is 16.4. The quantitative estimate of drug-likeness (QED) is 0.874. The fourth-order valence-electron chi connectivity index (χ4n) is 2.90. The van der Waals surface area contributed by atoms with Crippen molar-refractivity contribution in [1.29, 1.82) is 0 Å². The molecule has 0 aliphatic carbocycles. The Bertz CT molecular complexity index is 744. The van der Waals surface area contributed by atoms with E-state index in [9.17, 15) is 13.6 Å². The molecule has 2 amide bonds. The fourth-order valence-corrected chi connectivity index (χ4v) is 2.90. The van der Waals surface area contributed by atoms with Crippen molar-refractivity contribution >= 4 is 6.03 Å². The van der Waals surface area contributed by atoms with Crippen molar-refractivity contribution in [1.82, 2.24) is 20.0 Å². The average molecular weight is 334 g/mol. The van der Waals surface area contributed by atoms with Crippen molar-refractivity contribution < 1.29 is 13.6 Å². The van der Waals surface area contributed by atoms with Crippen LogP contribution in [0.25, 0.3) is 0 Å². The molecule has 0 fully saturated rings. The SMILES string of the molecule is Cc1cnn(CCCNC(=O)N2CCc3c(F)ccc(F)c3C2)c1. The molecule has 1 aromatic carbocycles. The molecule has 2 heterocycles. The maximum absolute atomic E-state index is 13.8. The number of rotatable bonds is 4. The molecule has 128 valence electrons. The summed E-state index contributed by atoms with van der Waals surface area (Å²) in [5.41, 5.74) is 1.76. The number of hydrogen-bond acceptors (Lipinski definition) is 2. The summed E-state index contributed by atoms with van der Waals surface area (Å²) in [6.45, 7) is 3.69. The molecule has 1 aliphatic rings. The molecule has 0 atom stereocenters. The lowest BCUT2D eigenvalue weighted by atomic mass is 9.99. The van der Waals surface area contributed by atoms with Gasteiger partial charge in [0.05, 0.1) is 12.7 Å². The number of hydrogen-bond donors (Lipinski definition) is 1. The van der Waals surface area contributed by atoms with Crippen molar-refractivity contribution in [3.8, 4) is 0 Å². The van der Waals surface area contributed by atoms with Gasteiger partial charge in [0.1, 0.15) is 11.6 Å². The Morgan fingerprint density at radius 2 is 2.04 bits per heavy atom. The zero-order valence-electron chi connectivity index (χ0n) is 13.6. The van der Waals surface area contributed by atoms with E-state index < -0.39 is 11.6 Å². The monoisotopic (exact) mass is 334 g/mol. The molecule has 2 aromatic rings. The zero-order valence-corrected chi connectivity index (χ0v) is 13.6. The van der Waals surface area contributed by atoms with Gasteiger partial charge in [-0.15, -0.1) is 0 Å². The van der Waals surface area contributed by atoms with Crippen molar-refractivity contribution in [2.45, 2.75) is 32.9 Å². The van der Waals surface area contributed by atoms with E-state index in [1.165, 1.54) is 4.90 Å². The van der Waals surface area contributed by atoms with Gasteiger partial charge in [0.15, 0.2) is 0 Å². The van der Waals surface area contributed by atoms with E-state index in [0.717, 1.165) is 30.7 Å². The number of carbonyl (C=O) groups excluding carboxylic acids is 1. The molecular formula is C17H20F2N4O. The molecule has 1 N–H and O–H groups in total.